The van der Waals surface area contributed by atoms with Gasteiger partial charge in [0.2, 0.25) is 0 Å². The van der Waals surface area contributed by atoms with Gasteiger partial charge in [-0.3, -0.25) is 0 Å². The molecule has 0 fully saturated rings. The van der Waals surface area contributed by atoms with Crippen molar-refractivity contribution >= 4 is 17.0 Å². The van der Waals surface area contributed by atoms with Crippen molar-refractivity contribution < 1.29 is 19.0 Å². The summed E-state index contributed by atoms with van der Waals surface area (Å²) in [4.78, 5) is 15.0. The summed E-state index contributed by atoms with van der Waals surface area (Å²) in [5.41, 5.74) is 0.634. The minimum Gasteiger partial charge on any atom is -0.494 e. The van der Waals surface area contributed by atoms with Crippen molar-refractivity contribution in [2.24, 2.45) is 5.92 Å². The SMILES string of the molecule is CCOCCCC(CCNC(=O)OC(C)(C)C)CCOc1ccc2[nH]ccc2c1. The average Bonchev–Trinajstić information content (AvgIpc) is 3.11. The largest absolute Gasteiger partial charge is 0.494 e. The molecular weight excluding hydrogens is 368 g/mol. The van der Waals surface area contributed by atoms with E-state index in [0.717, 1.165) is 55.5 Å². The quantitative estimate of drug-likeness (QED) is 0.472. The van der Waals surface area contributed by atoms with Crippen LogP contribution >= 0.6 is 0 Å². The Morgan fingerprint density at radius 3 is 2.72 bits per heavy atom. The number of rotatable bonds is 12. The van der Waals surface area contributed by atoms with Crippen molar-refractivity contribution in [2.45, 2.75) is 59.0 Å². The first-order chi connectivity index (χ1) is 13.9. The van der Waals surface area contributed by atoms with Crippen LogP contribution in [-0.4, -0.2) is 43.0 Å². The van der Waals surface area contributed by atoms with E-state index in [1.807, 2.05) is 52.1 Å². The van der Waals surface area contributed by atoms with E-state index in [1.54, 1.807) is 0 Å². The molecule has 2 rings (SSSR count). The maximum atomic E-state index is 11.8. The highest BCUT2D eigenvalue weighted by Gasteiger charge is 2.16. The molecule has 29 heavy (non-hydrogen) atoms. The summed E-state index contributed by atoms with van der Waals surface area (Å²) >= 11 is 0. The number of aromatic amines is 1. The zero-order valence-corrected chi connectivity index (χ0v) is 18.3. The molecule has 0 radical (unpaired) electrons. The number of fused-ring (bicyclic) bond motifs is 1. The van der Waals surface area contributed by atoms with Crippen molar-refractivity contribution in [2.75, 3.05) is 26.4 Å². The molecule has 162 valence electrons. The molecular formula is C23H36N2O4. The van der Waals surface area contributed by atoms with Gasteiger partial charge in [-0.15, -0.1) is 0 Å². The molecule has 0 aliphatic rings. The monoisotopic (exact) mass is 404 g/mol. The highest BCUT2D eigenvalue weighted by Crippen LogP contribution is 2.21. The third-order valence-electron chi connectivity index (χ3n) is 4.65. The van der Waals surface area contributed by atoms with Crippen molar-refractivity contribution in [3.63, 3.8) is 0 Å². The summed E-state index contributed by atoms with van der Waals surface area (Å²) in [5.74, 6) is 1.35. The summed E-state index contributed by atoms with van der Waals surface area (Å²) in [6.45, 7) is 10.4. The molecule has 6 heteroatoms. The highest BCUT2D eigenvalue weighted by molar-refractivity contribution is 5.80. The van der Waals surface area contributed by atoms with Gasteiger partial charge in [0.25, 0.3) is 0 Å². The smallest absolute Gasteiger partial charge is 0.407 e. The van der Waals surface area contributed by atoms with Gasteiger partial charge in [-0.1, -0.05) is 0 Å². The zero-order chi connectivity index (χ0) is 21.1. The molecule has 0 saturated carbocycles. The number of hydrogen-bond donors (Lipinski definition) is 2. The minimum absolute atomic E-state index is 0.360. The number of nitrogens with one attached hydrogen (secondary N) is 2. The van der Waals surface area contributed by atoms with Gasteiger partial charge in [0.05, 0.1) is 6.61 Å². The fourth-order valence-electron chi connectivity index (χ4n) is 3.21. The van der Waals surface area contributed by atoms with Crippen LogP contribution in [0.3, 0.4) is 0 Å². The van der Waals surface area contributed by atoms with Gasteiger partial charge in [0.1, 0.15) is 11.4 Å². The number of benzene rings is 1. The van der Waals surface area contributed by atoms with Crippen LogP contribution in [0.2, 0.25) is 0 Å². The molecule has 1 atom stereocenters. The molecule has 1 amide bonds. The van der Waals surface area contributed by atoms with Crippen molar-refractivity contribution in [1.29, 1.82) is 0 Å². The molecule has 1 heterocycles. The number of alkyl carbamates (subject to hydrolysis) is 1. The predicted molar refractivity (Wildman–Crippen MR) is 116 cm³/mol. The Morgan fingerprint density at radius 1 is 1.14 bits per heavy atom. The van der Waals surface area contributed by atoms with Gasteiger partial charge in [0.15, 0.2) is 0 Å². The third-order valence-corrected chi connectivity index (χ3v) is 4.65. The first-order valence-electron chi connectivity index (χ1n) is 10.6. The Balaban J connectivity index is 1.76. The summed E-state index contributed by atoms with van der Waals surface area (Å²) in [5, 5.41) is 4.01. The fraction of sp³-hybridized carbons (Fsp3) is 0.609. The molecule has 1 unspecified atom stereocenters. The maximum Gasteiger partial charge on any atom is 0.407 e. The average molecular weight is 405 g/mol. The predicted octanol–water partition coefficient (Wildman–Crippen LogP) is 5.28. The number of hydrogen-bond acceptors (Lipinski definition) is 4. The van der Waals surface area contributed by atoms with Gasteiger partial charge < -0.3 is 24.5 Å². The van der Waals surface area contributed by atoms with Crippen LogP contribution in [0.1, 0.15) is 53.4 Å². The molecule has 0 aliphatic carbocycles. The summed E-state index contributed by atoms with van der Waals surface area (Å²) in [7, 11) is 0. The van der Waals surface area contributed by atoms with Crippen molar-refractivity contribution in [3.05, 3.63) is 30.5 Å². The highest BCUT2D eigenvalue weighted by atomic mass is 16.6. The lowest BCUT2D eigenvalue weighted by molar-refractivity contribution is 0.0523. The van der Waals surface area contributed by atoms with E-state index in [2.05, 4.69) is 16.4 Å². The second-order valence-corrected chi connectivity index (χ2v) is 8.29. The Hall–Kier alpha value is -2.21. The molecule has 0 saturated heterocycles. The minimum atomic E-state index is -0.477. The van der Waals surface area contributed by atoms with Gasteiger partial charge >= 0.3 is 6.09 Å². The molecule has 2 aromatic rings. The van der Waals surface area contributed by atoms with Gasteiger partial charge in [-0.2, -0.15) is 0 Å². The zero-order valence-electron chi connectivity index (χ0n) is 18.3. The van der Waals surface area contributed by atoms with E-state index < -0.39 is 5.60 Å². The first-order valence-corrected chi connectivity index (χ1v) is 10.6. The van der Waals surface area contributed by atoms with E-state index in [9.17, 15) is 4.79 Å². The van der Waals surface area contributed by atoms with Crippen LogP contribution in [0.4, 0.5) is 4.79 Å². The second-order valence-electron chi connectivity index (χ2n) is 8.29. The lowest BCUT2D eigenvalue weighted by atomic mass is 9.96. The summed E-state index contributed by atoms with van der Waals surface area (Å²) < 4.78 is 16.7. The second kappa shape index (κ2) is 11.7. The topological polar surface area (TPSA) is 72.6 Å². The fourth-order valence-corrected chi connectivity index (χ4v) is 3.21. The van der Waals surface area contributed by atoms with Crippen LogP contribution in [0.25, 0.3) is 10.9 Å². The number of H-pyrrole nitrogens is 1. The Kier molecular flexibility index (Phi) is 9.32. The van der Waals surface area contributed by atoms with Crippen LogP contribution in [-0.2, 0) is 9.47 Å². The van der Waals surface area contributed by atoms with E-state index >= 15 is 0 Å². The van der Waals surface area contributed by atoms with Crippen LogP contribution in [0, 0.1) is 5.92 Å². The summed E-state index contributed by atoms with van der Waals surface area (Å²) in [6.07, 6.45) is 5.47. The van der Waals surface area contributed by atoms with Gasteiger partial charge in [-0.05, 0) is 83.6 Å². The molecule has 0 spiro atoms. The van der Waals surface area contributed by atoms with E-state index in [-0.39, 0.29) is 6.09 Å². The summed E-state index contributed by atoms with van der Waals surface area (Å²) in [6, 6.07) is 8.13. The lowest BCUT2D eigenvalue weighted by Gasteiger charge is -2.21. The first kappa shape index (κ1) is 23.1. The number of carbonyl (C=O) groups is 1. The number of ether oxygens (including phenoxy) is 3. The van der Waals surface area contributed by atoms with Crippen LogP contribution in [0.15, 0.2) is 30.5 Å². The van der Waals surface area contributed by atoms with Gasteiger partial charge in [0, 0.05) is 36.9 Å². The number of carbonyl (C=O) groups excluding carboxylic acids is 1. The number of aromatic nitrogens is 1. The van der Waals surface area contributed by atoms with Crippen LogP contribution < -0.4 is 10.1 Å². The molecule has 1 aromatic heterocycles. The van der Waals surface area contributed by atoms with Crippen LogP contribution in [0.5, 0.6) is 5.75 Å². The molecule has 6 nitrogen and oxygen atoms in total. The Labute approximate surface area is 174 Å². The molecule has 0 aliphatic heterocycles. The van der Waals surface area contributed by atoms with E-state index in [0.29, 0.717) is 19.1 Å². The van der Waals surface area contributed by atoms with Gasteiger partial charge in [-0.25, -0.2) is 4.79 Å². The Morgan fingerprint density at radius 2 is 1.97 bits per heavy atom. The standard InChI is InChI=1S/C23H36N2O4/c1-5-27-15-6-7-18(10-13-25-22(26)29-23(2,3)4)12-16-28-20-8-9-21-19(17-20)11-14-24-21/h8-9,11,14,17-18,24H,5-7,10,12-13,15-16H2,1-4H3,(H,25,26). The maximum absolute atomic E-state index is 11.8. The molecule has 0 bridgehead atoms. The third kappa shape index (κ3) is 9.22. The van der Waals surface area contributed by atoms with E-state index in [1.165, 1.54) is 0 Å². The van der Waals surface area contributed by atoms with Crippen molar-refractivity contribution in [3.8, 4) is 5.75 Å². The molecule has 1 aromatic carbocycles. The normalized spacial score (nSPS) is 12.7. The number of amides is 1. The lowest BCUT2D eigenvalue weighted by Crippen LogP contribution is -2.33. The molecule has 2 N–H and O–H groups in total. The Bertz CT molecular complexity index is 736. The van der Waals surface area contributed by atoms with E-state index in [4.69, 9.17) is 14.2 Å². The van der Waals surface area contributed by atoms with Crippen molar-refractivity contribution in [1.82, 2.24) is 10.3 Å².